The Kier molecular flexibility index (Phi) is 3.50. The van der Waals surface area contributed by atoms with Crippen LogP contribution in [0.15, 0.2) is 0 Å². The van der Waals surface area contributed by atoms with E-state index in [2.05, 4.69) is 31.2 Å². The van der Waals surface area contributed by atoms with E-state index in [9.17, 15) is 4.79 Å². The van der Waals surface area contributed by atoms with Gasteiger partial charge in [-0.3, -0.25) is 4.79 Å². The molecule has 2 aliphatic heterocycles. The molecule has 0 radical (unpaired) electrons. The van der Waals surface area contributed by atoms with Gasteiger partial charge in [-0.1, -0.05) is 6.92 Å². The lowest BCUT2D eigenvalue weighted by Crippen LogP contribution is -2.46. The fourth-order valence-electron chi connectivity index (χ4n) is 2.73. The lowest BCUT2D eigenvalue weighted by atomic mass is 10.0. The molecule has 3 unspecified atom stereocenters. The Morgan fingerprint density at radius 3 is 2.62 bits per heavy atom. The Morgan fingerprint density at radius 1 is 1.38 bits per heavy atom. The average molecular weight is 225 g/mol. The van der Waals surface area contributed by atoms with Gasteiger partial charge in [0.05, 0.1) is 6.04 Å². The fourth-order valence-corrected chi connectivity index (χ4v) is 2.73. The second-order valence-corrected chi connectivity index (χ2v) is 5.39. The lowest BCUT2D eigenvalue weighted by Gasteiger charge is -2.24. The smallest absolute Gasteiger partial charge is 0.240 e. The van der Waals surface area contributed by atoms with E-state index in [4.69, 9.17) is 0 Å². The van der Waals surface area contributed by atoms with E-state index in [-0.39, 0.29) is 6.04 Å². The summed E-state index contributed by atoms with van der Waals surface area (Å²) in [5.74, 6) is 0.806. The van der Waals surface area contributed by atoms with E-state index in [1.807, 2.05) is 4.90 Å². The SMILES string of the molecule is CC1CCNC1C(=O)N1CCC(N(C)C)C1. The van der Waals surface area contributed by atoms with Crippen LogP contribution in [0.2, 0.25) is 0 Å². The number of likely N-dealkylation sites (N-methyl/N-ethyl adjacent to an activating group) is 1. The Hall–Kier alpha value is -0.610. The van der Waals surface area contributed by atoms with Crippen molar-refractivity contribution in [1.29, 1.82) is 0 Å². The van der Waals surface area contributed by atoms with Gasteiger partial charge in [0.25, 0.3) is 0 Å². The van der Waals surface area contributed by atoms with Gasteiger partial charge in [-0.15, -0.1) is 0 Å². The molecule has 2 rings (SSSR count). The van der Waals surface area contributed by atoms with Crippen LogP contribution in [0.4, 0.5) is 0 Å². The van der Waals surface area contributed by atoms with Gasteiger partial charge in [-0.05, 0) is 39.4 Å². The molecule has 0 spiro atoms. The van der Waals surface area contributed by atoms with Crippen molar-refractivity contribution in [3.8, 4) is 0 Å². The molecule has 2 saturated heterocycles. The number of amides is 1. The summed E-state index contributed by atoms with van der Waals surface area (Å²) >= 11 is 0. The first-order valence-corrected chi connectivity index (χ1v) is 6.28. The van der Waals surface area contributed by atoms with Crippen molar-refractivity contribution < 1.29 is 4.79 Å². The summed E-state index contributed by atoms with van der Waals surface area (Å²) in [6, 6.07) is 0.613. The maximum absolute atomic E-state index is 12.3. The normalized spacial score (nSPS) is 35.0. The van der Waals surface area contributed by atoms with Crippen molar-refractivity contribution in [2.45, 2.75) is 31.8 Å². The minimum atomic E-state index is 0.0703. The summed E-state index contributed by atoms with van der Waals surface area (Å²) in [6.07, 6.45) is 2.24. The molecule has 0 bridgehead atoms. The summed E-state index contributed by atoms with van der Waals surface area (Å²) in [7, 11) is 4.18. The molecule has 16 heavy (non-hydrogen) atoms. The summed E-state index contributed by atoms with van der Waals surface area (Å²) in [5, 5.41) is 3.32. The van der Waals surface area contributed by atoms with Crippen LogP contribution in [0, 0.1) is 5.92 Å². The monoisotopic (exact) mass is 225 g/mol. The first kappa shape index (κ1) is 11.9. The average Bonchev–Trinajstić information content (AvgIpc) is 2.84. The highest BCUT2D eigenvalue weighted by atomic mass is 16.2. The van der Waals surface area contributed by atoms with Gasteiger partial charge < -0.3 is 15.1 Å². The topological polar surface area (TPSA) is 35.6 Å². The Morgan fingerprint density at radius 2 is 2.12 bits per heavy atom. The number of carbonyl (C=O) groups is 1. The van der Waals surface area contributed by atoms with Gasteiger partial charge >= 0.3 is 0 Å². The zero-order chi connectivity index (χ0) is 11.7. The molecule has 2 fully saturated rings. The zero-order valence-electron chi connectivity index (χ0n) is 10.6. The number of nitrogens with zero attached hydrogens (tertiary/aromatic N) is 2. The standard InChI is InChI=1S/C12H23N3O/c1-9-4-6-13-11(9)12(16)15-7-5-10(8-15)14(2)3/h9-11,13H,4-8H2,1-3H3. The summed E-state index contributed by atoms with van der Waals surface area (Å²) < 4.78 is 0. The van der Waals surface area contributed by atoms with Crippen LogP contribution in [0.25, 0.3) is 0 Å². The van der Waals surface area contributed by atoms with Gasteiger partial charge in [-0.25, -0.2) is 0 Å². The Bertz CT molecular complexity index is 267. The predicted molar refractivity (Wildman–Crippen MR) is 64.2 cm³/mol. The summed E-state index contributed by atoms with van der Waals surface area (Å²) in [6.45, 7) is 4.98. The van der Waals surface area contributed by atoms with E-state index in [1.54, 1.807) is 0 Å². The van der Waals surface area contributed by atoms with Crippen molar-refractivity contribution in [2.75, 3.05) is 33.7 Å². The van der Waals surface area contributed by atoms with Crippen LogP contribution in [-0.2, 0) is 4.79 Å². The van der Waals surface area contributed by atoms with Crippen LogP contribution in [0.3, 0.4) is 0 Å². The van der Waals surface area contributed by atoms with Gasteiger partial charge in [0.15, 0.2) is 0 Å². The van der Waals surface area contributed by atoms with Crippen molar-refractivity contribution in [2.24, 2.45) is 5.92 Å². The Labute approximate surface area is 98.0 Å². The summed E-state index contributed by atoms with van der Waals surface area (Å²) in [4.78, 5) is 16.5. The molecule has 0 aromatic heterocycles. The molecule has 1 N–H and O–H groups in total. The van der Waals surface area contributed by atoms with E-state index in [0.717, 1.165) is 32.5 Å². The molecule has 4 nitrogen and oxygen atoms in total. The van der Waals surface area contributed by atoms with Crippen molar-refractivity contribution in [1.82, 2.24) is 15.1 Å². The summed E-state index contributed by atoms with van der Waals surface area (Å²) in [5.41, 5.74) is 0. The number of rotatable bonds is 2. The van der Waals surface area contributed by atoms with E-state index >= 15 is 0 Å². The second-order valence-electron chi connectivity index (χ2n) is 5.39. The molecule has 0 saturated carbocycles. The largest absolute Gasteiger partial charge is 0.340 e. The molecular formula is C12H23N3O. The number of hydrogen-bond acceptors (Lipinski definition) is 3. The molecule has 3 atom stereocenters. The van der Waals surface area contributed by atoms with Crippen LogP contribution < -0.4 is 5.32 Å². The molecule has 92 valence electrons. The maximum atomic E-state index is 12.3. The number of likely N-dealkylation sites (tertiary alicyclic amines) is 1. The second kappa shape index (κ2) is 4.72. The quantitative estimate of drug-likeness (QED) is 0.726. The number of hydrogen-bond donors (Lipinski definition) is 1. The fraction of sp³-hybridized carbons (Fsp3) is 0.917. The van der Waals surface area contributed by atoms with Gasteiger partial charge in [0.2, 0.25) is 5.91 Å². The first-order valence-electron chi connectivity index (χ1n) is 6.28. The minimum absolute atomic E-state index is 0.0703. The third-order valence-electron chi connectivity index (χ3n) is 4.00. The molecular weight excluding hydrogens is 202 g/mol. The highest BCUT2D eigenvalue weighted by Crippen LogP contribution is 2.20. The first-order chi connectivity index (χ1) is 7.59. The molecule has 1 amide bonds. The van der Waals surface area contributed by atoms with Gasteiger partial charge in [0.1, 0.15) is 0 Å². The molecule has 4 heteroatoms. The van der Waals surface area contributed by atoms with Crippen LogP contribution in [0.5, 0.6) is 0 Å². The predicted octanol–water partition coefficient (Wildman–Crippen LogP) is 0.147. The van der Waals surface area contributed by atoms with E-state index in [0.29, 0.717) is 17.9 Å². The van der Waals surface area contributed by atoms with Gasteiger partial charge in [-0.2, -0.15) is 0 Å². The number of nitrogens with one attached hydrogen (secondary N) is 1. The van der Waals surface area contributed by atoms with Crippen LogP contribution in [0.1, 0.15) is 19.8 Å². The van der Waals surface area contributed by atoms with E-state index in [1.165, 1.54) is 0 Å². The van der Waals surface area contributed by atoms with Crippen molar-refractivity contribution >= 4 is 5.91 Å². The maximum Gasteiger partial charge on any atom is 0.240 e. The van der Waals surface area contributed by atoms with Crippen molar-refractivity contribution in [3.63, 3.8) is 0 Å². The van der Waals surface area contributed by atoms with Crippen LogP contribution >= 0.6 is 0 Å². The Balaban J connectivity index is 1.91. The van der Waals surface area contributed by atoms with Crippen LogP contribution in [-0.4, -0.2) is 61.5 Å². The third kappa shape index (κ3) is 2.23. The van der Waals surface area contributed by atoms with Gasteiger partial charge in [0, 0.05) is 19.1 Å². The lowest BCUT2D eigenvalue weighted by molar-refractivity contribution is -0.133. The highest BCUT2D eigenvalue weighted by Gasteiger charge is 2.35. The molecule has 0 aromatic carbocycles. The minimum Gasteiger partial charge on any atom is -0.340 e. The molecule has 2 heterocycles. The highest BCUT2D eigenvalue weighted by molar-refractivity contribution is 5.82. The van der Waals surface area contributed by atoms with E-state index < -0.39 is 0 Å². The number of carbonyl (C=O) groups excluding carboxylic acids is 1. The zero-order valence-corrected chi connectivity index (χ0v) is 10.6. The molecule has 2 aliphatic rings. The third-order valence-corrected chi connectivity index (χ3v) is 4.00. The molecule has 0 aliphatic carbocycles. The van der Waals surface area contributed by atoms with Crippen molar-refractivity contribution in [3.05, 3.63) is 0 Å². The molecule has 0 aromatic rings.